The monoisotopic (exact) mass is 397 g/mol. The SMILES string of the molecule is CCCCN(c1cccc(Oc2cccc3ccccc23)c1)S(=O)OCCC. The Bertz CT molecular complexity index is 923. The van der Waals surface area contributed by atoms with Crippen LogP contribution in [0.2, 0.25) is 0 Å². The molecule has 3 rings (SSSR count). The maximum atomic E-state index is 12.6. The highest BCUT2D eigenvalue weighted by atomic mass is 32.2. The molecule has 0 aromatic heterocycles. The molecule has 0 saturated heterocycles. The average Bonchev–Trinajstić information content (AvgIpc) is 2.73. The number of hydrogen-bond donors (Lipinski definition) is 0. The molecule has 5 heteroatoms. The van der Waals surface area contributed by atoms with E-state index in [-0.39, 0.29) is 0 Å². The summed E-state index contributed by atoms with van der Waals surface area (Å²) in [5.41, 5.74) is 0.834. The van der Waals surface area contributed by atoms with Crippen LogP contribution in [0.15, 0.2) is 66.7 Å². The van der Waals surface area contributed by atoms with E-state index in [0.29, 0.717) is 18.9 Å². The number of ether oxygens (including phenoxy) is 1. The van der Waals surface area contributed by atoms with Crippen LogP contribution in [0.3, 0.4) is 0 Å². The van der Waals surface area contributed by atoms with Gasteiger partial charge in [0.05, 0.1) is 12.3 Å². The van der Waals surface area contributed by atoms with E-state index >= 15 is 0 Å². The summed E-state index contributed by atoms with van der Waals surface area (Å²) in [6.07, 6.45) is 2.79. The number of nitrogens with zero attached hydrogens (tertiary/aromatic N) is 1. The largest absolute Gasteiger partial charge is 0.457 e. The fraction of sp³-hybridized carbons (Fsp3) is 0.304. The van der Waals surface area contributed by atoms with Gasteiger partial charge in [0.2, 0.25) is 0 Å². The zero-order valence-electron chi connectivity index (χ0n) is 16.5. The first-order valence-corrected chi connectivity index (χ1v) is 10.8. The molecule has 0 N–H and O–H groups in total. The van der Waals surface area contributed by atoms with Crippen LogP contribution in [0.5, 0.6) is 11.5 Å². The fourth-order valence-electron chi connectivity index (χ4n) is 2.92. The van der Waals surface area contributed by atoms with E-state index in [1.165, 1.54) is 0 Å². The van der Waals surface area contributed by atoms with Crippen molar-refractivity contribution < 1.29 is 13.1 Å². The highest BCUT2D eigenvalue weighted by Crippen LogP contribution is 2.32. The summed E-state index contributed by atoms with van der Waals surface area (Å²) < 4.78 is 26.1. The number of benzene rings is 3. The van der Waals surface area contributed by atoms with Gasteiger partial charge in [-0.25, -0.2) is 4.21 Å². The molecular weight excluding hydrogens is 370 g/mol. The Morgan fingerprint density at radius 3 is 2.54 bits per heavy atom. The lowest BCUT2D eigenvalue weighted by atomic mass is 10.1. The van der Waals surface area contributed by atoms with Crippen molar-refractivity contribution in [1.29, 1.82) is 0 Å². The first kappa shape index (κ1) is 20.4. The maximum Gasteiger partial charge on any atom is 0.264 e. The van der Waals surface area contributed by atoms with E-state index in [1.807, 2.05) is 55.5 Å². The van der Waals surface area contributed by atoms with Gasteiger partial charge in [-0.15, -0.1) is 0 Å². The van der Waals surface area contributed by atoms with Crippen molar-refractivity contribution in [3.05, 3.63) is 66.7 Å². The average molecular weight is 398 g/mol. The van der Waals surface area contributed by atoms with Crippen molar-refractivity contribution in [2.24, 2.45) is 0 Å². The second-order valence-electron chi connectivity index (χ2n) is 6.57. The van der Waals surface area contributed by atoms with Crippen molar-refractivity contribution in [3.63, 3.8) is 0 Å². The van der Waals surface area contributed by atoms with Gasteiger partial charge in [0.15, 0.2) is 0 Å². The van der Waals surface area contributed by atoms with Gasteiger partial charge >= 0.3 is 0 Å². The molecule has 0 spiro atoms. The van der Waals surface area contributed by atoms with Crippen molar-refractivity contribution >= 4 is 27.7 Å². The van der Waals surface area contributed by atoms with Crippen LogP contribution >= 0.6 is 0 Å². The van der Waals surface area contributed by atoms with Crippen molar-refractivity contribution in [3.8, 4) is 11.5 Å². The number of anilines is 1. The standard InChI is InChI=1S/C23H27NO3S/c1-3-5-16-24(28(25)26-17-4-2)20-12-9-13-21(18-20)27-23-15-8-11-19-10-6-7-14-22(19)23/h6-15,18H,3-5,16-17H2,1-2H3. The Morgan fingerprint density at radius 1 is 0.929 bits per heavy atom. The first-order chi connectivity index (χ1) is 13.7. The normalized spacial score (nSPS) is 12.1. The van der Waals surface area contributed by atoms with Gasteiger partial charge in [0.25, 0.3) is 11.3 Å². The fourth-order valence-corrected chi connectivity index (χ4v) is 3.92. The van der Waals surface area contributed by atoms with E-state index in [9.17, 15) is 4.21 Å². The van der Waals surface area contributed by atoms with Crippen LogP contribution in [0, 0.1) is 0 Å². The van der Waals surface area contributed by atoms with Crippen LogP contribution in [0.4, 0.5) is 5.69 Å². The van der Waals surface area contributed by atoms with Crippen LogP contribution in [-0.2, 0) is 15.4 Å². The molecule has 3 aromatic carbocycles. The maximum absolute atomic E-state index is 12.6. The minimum atomic E-state index is -1.51. The van der Waals surface area contributed by atoms with E-state index in [2.05, 4.69) is 25.1 Å². The molecule has 0 amide bonds. The van der Waals surface area contributed by atoms with Gasteiger partial charge < -0.3 is 4.74 Å². The molecule has 0 fully saturated rings. The molecule has 0 aliphatic rings. The molecule has 148 valence electrons. The second-order valence-corrected chi connectivity index (χ2v) is 7.68. The predicted molar refractivity (Wildman–Crippen MR) is 117 cm³/mol. The lowest BCUT2D eigenvalue weighted by Crippen LogP contribution is -2.28. The molecule has 0 saturated carbocycles. The Labute approximate surface area is 169 Å². The molecule has 0 aliphatic heterocycles. The van der Waals surface area contributed by atoms with Gasteiger partial charge in [-0.05, 0) is 36.4 Å². The minimum absolute atomic E-state index is 0.474. The van der Waals surface area contributed by atoms with E-state index in [1.54, 1.807) is 4.31 Å². The second kappa shape index (κ2) is 10.2. The third-order valence-corrected chi connectivity index (χ3v) is 5.49. The van der Waals surface area contributed by atoms with E-state index < -0.39 is 11.3 Å². The highest BCUT2D eigenvalue weighted by molar-refractivity contribution is 7.81. The number of fused-ring (bicyclic) bond motifs is 1. The van der Waals surface area contributed by atoms with Gasteiger partial charge in [0.1, 0.15) is 11.5 Å². The predicted octanol–water partition coefficient (Wildman–Crippen LogP) is 6.24. The summed E-state index contributed by atoms with van der Waals surface area (Å²) >= 11 is -1.51. The van der Waals surface area contributed by atoms with Crippen molar-refractivity contribution in [1.82, 2.24) is 0 Å². The summed E-state index contributed by atoms with van der Waals surface area (Å²) in [6.45, 7) is 5.27. The first-order valence-electron chi connectivity index (χ1n) is 9.81. The Kier molecular flexibility index (Phi) is 7.46. The van der Waals surface area contributed by atoms with Gasteiger partial charge in [-0.2, -0.15) is 0 Å². The summed E-state index contributed by atoms with van der Waals surface area (Å²) in [4.78, 5) is 0. The molecule has 4 nitrogen and oxygen atoms in total. The summed E-state index contributed by atoms with van der Waals surface area (Å²) in [7, 11) is 0. The Hall–Kier alpha value is -2.37. The summed E-state index contributed by atoms with van der Waals surface area (Å²) in [5, 5.41) is 2.20. The van der Waals surface area contributed by atoms with E-state index in [4.69, 9.17) is 8.92 Å². The minimum Gasteiger partial charge on any atom is -0.457 e. The smallest absolute Gasteiger partial charge is 0.264 e. The third kappa shape index (κ3) is 5.12. The zero-order valence-corrected chi connectivity index (χ0v) is 17.3. The summed E-state index contributed by atoms with van der Waals surface area (Å²) in [6, 6.07) is 21.9. The molecule has 1 unspecified atom stereocenters. The summed E-state index contributed by atoms with van der Waals surface area (Å²) in [5.74, 6) is 1.52. The molecule has 0 aliphatic carbocycles. The molecule has 0 radical (unpaired) electrons. The van der Waals surface area contributed by atoms with Crippen LogP contribution in [0.1, 0.15) is 33.1 Å². The number of unbranched alkanes of at least 4 members (excludes halogenated alkanes) is 1. The van der Waals surface area contributed by atoms with E-state index in [0.717, 1.165) is 41.5 Å². The van der Waals surface area contributed by atoms with Crippen molar-refractivity contribution in [2.75, 3.05) is 17.5 Å². The molecule has 0 heterocycles. The van der Waals surface area contributed by atoms with Gasteiger partial charge in [0, 0.05) is 18.0 Å². The van der Waals surface area contributed by atoms with Crippen LogP contribution in [0.25, 0.3) is 10.8 Å². The zero-order chi connectivity index (χ0) is 19.8. The number of hydrogen-bond acceptors (Lipinski definition) is 3. The van der Waals surface area contributed by atoms with Gasteiger partial charge in [-0.3, -0.25) is 8.49 Å². The lowest BCUT2D eigenvalue weighted by Gasteiger charge is -2.23. The van der Waals surface area contributed by atoms with Gasteiger partial charge in [-0.1, -0.05) is 62.7 Å². The Morgan fingerprint density at radius 2 is 1.71 bits per heavy atom. The molecule has 0 bridgehead atoms. The quantitative estimate of drug-likeness (QED) is 0.406. The third-order valence-electron chi connectivity index (χ3n) is 4.37. The molecular formula is C23H27NO3S. The molecule has 3 aromatic rings. The number of rotatable bonds is 10. The molecule has 1 atom stereocenters. The van der Waals surface area contributed by atoms with Crippen molar-refractivity contribution in [2.45, 2.75) is 33.1 Å². The highest BCUT2D eigenvalue weighted by Gasteiger charge is 2.15. The lowest BCUT2D eigenvalue weighted by molar-refractivity contribution is 0.345. The van der Waals surface area contributed by atoms with Crippen LogP contribution in [-0.4, -0.2) is 17.4 Å². The topological polar surface area (TPSA) is 38.8 Å². The van der Waals surface area contributed by atoms with Crippen LogP contribution < -0.4 is 9.04 Å². The Balaban J connectivity index is 1.86. The molecule has 28 heavy (non-hydrogen) atoms.